The summed E-state index contributed by atoms with van der Waals surface area (Å²) in [5.74, 6) is 1.06. The van der Waals surface area contributed by atoms with E-state index < -0.39 is 10.0 Å². The Morgan fingerprint density at radius 2 is 2.00 bits per heavy atom. The van der Waals surface area contributed by atoms with Crippen LogP contribution < -0.4 is 0 Å². The number of benzene rings is 1. The van der Waals surface area contributed by atoms with Crippen molar-refractivity contribution in [1.29, 1.82) is 0 Å². The van der Waals surface area contributed by atoms with Crippen LogP contribution in [0.5, 0.6) is 0 Å². The molecule has 7 heteroatoms. The standard InChI is InChI=1S/C17H23N3O3S/c21-24(22)13-5-10-20(24)12-11-19-9-4-3-7-15(19)17-18-14-6-1-2-8-16(14)23-17/h1-2,6,8,15H,3-5,7,9-13H2/t15-/m0/s1. The fourth-order valence-electron chi connectivity index (χ4n) is 3.75. The Bertz CT molecular complexity index is 784. The fourth-order valence-corrected chi connectivity index (χ4v) is 5.27. The second kappa shape index (κ2) is 6.46. The molecule has 0 amide bonds. The molecule has 2 aliphatic heterocycles. The normalized spacial score (nSPS) is 25.4. The first kappa shape index (κ1) is 16.1. The van der Waals surface area contributed by atoms with Gasteiger partial charge >= 0.3 is 0 Å². The zero-order valence-corrected chi connectivity index (χ0v) is 14.5. The van der Waals surface area contributed by atoms with E-state index in [9.17, 15) is 8.42 Å². The van der Waals surface area contributed by atoms with Gasteiger partial charge in [-0.3, -0.25) is 4.90 Å². The highest BCUT2D eigenvalue weighted by atomic mass is 32.2. The number of likely N-dealkylation sites (tertiary alicyclic amines) is 1. The maximum Gasteiger partial charge on any atom is 0.214 e. The quantitative estimate of drug-likeness (QED) is 0.848. The average Bonchev–Trinajstić information content (AvgIpc) is 3.15. The highest BCUT2D eigenvalue weighted by Crippen LogP contribution is 2.32. The van der Waals surface area contributed by atoms with Crippen molar-refractivity contribution in [3.63, 3.8) is 0 Å². The second-order valence-electron chi connectivity index (χ2n) is 6.64. The largest absolute Gasteiger partial charge is 0.439 e. The molecule has 0 spiro atoms. The zero-order valence-electron chi connectivity index (χ0n) is 13.7. The molecule has 0 unspecified atom stereocenters. The number of hydrogen-bond acceptors (Lipinski definition) is 5. The summed E-state index contributed by atoms with van der Waals surface area (Å²) in [6.07, 6.45) is 4.06. The number of hydrogen-bond donors (Lipinski definition) is 0. The molecule has 6 nitrogen and oxygen atoms in total. The second-order valence-corrected chi connectivity index (χ2v) is 8.72. The minimum absolute atomic E-state index is 0.149. The number of fused-ring (bicyclic) bond motifs is 1. The van der Waals surface area contributed by atoms with E-state index in [-0.39, 0.29) is 6.04 Å². The zero-order chi connectivity index (χ0) is 16.6. The van der Waals surface area contributed by atoms with Crippen molar-refractivity contribution in [2.24, 2.45) is 0 Å². The Labute approximate surface area is 142 Å². The Morgan fingerprint density at radius 1 is 1.12 bits per heavy atom. The summed E-state index contributed by atoms with van der Waals surface area (Å²) in [6, 6.07) is 7.97. The molecule has 1 aromatic carbocycles. The van der Waals surface area contributed by atoms with Crippen LogP contribution in [-0.4, -0.2) is 54.5 Å². The number of para-hydroxylation sites is 2. The first-order valence-electron chi connectivity index (χ1n) is 8.71. The molecule has 1 aromatic heterocycles. The van der Waals surface area contributed by atoms with Crippen molar-refractivity contribution in [3.8, 4) is 0 Å². The van der Waals surface area contributed by atoms with Gasteiger partial charge in [0.15, 0.2) is 5.58 Å². The van der Waals surface area contributed by atoms with Gasteiger partial charge in [-0.2, -0.15) is 0 Å². The third kappa shape index (κ3) is 3.08. The maximum absolute atomic E-state index is 12.0. The van der Waals surface area contributed by atoms with E-state index in [0.717, 1.165) is 55.8 Å². The number of aromatic nitrogens is 1. The number of nitrogens with zero attached hydrogens (tertiary/aromatic N) is 3. The molecule has 0 aliphatic carbocycles. The summed E-state index contributed by atoms with van der Waals surface area (Å²) in [4.78, 5) is 6.99. The van der Waals surface area contributed by atoms with Crippen LogP contribution in [0, 0.1) is 0 Å². The van der Waals surface area contributed by atoms with Crippen LogP contribution in [0.25, 0.3) is 11.1 Å². The SMILES string of the molecule is O=S1(=O)CCCN1CCN1CCCC[C@H]1c1nc2ccccc2o1. The van der Waals surface area contributed by atoms with Crippen LogP contribution in [0.3, 0.4) is 0 Å². The van der Waals surface area contributed by atoms with E-state index in [4.69, 9.17) is 4.42 Å². The Morgan fingerprint density at radius 3 is 2.79 bits per heavy atom. The van der Waals surface area contributed by atoms with Gasteiger partial charge in [-0.25, -0.2) is 17.7 Å². The lowest BCUT2D eigenvalue weighted by Gasteiger charge is -2.34. The van der Waals surface area contributed by atoms with E-state index in [0.29, 0.717) is 18.8 Å². The van der Waals surface area contributed by atoms with Crippen LogP contribution in [-0.2, 0) is 10.0 Å². The minimum atomic E-state index is -3.02. The van der Waals surface area contributed by atoms with Crippen LogP contribution in [0.2, 0.25) is 0 Å². The Kier molecular flexibility index (Phi) is 4.32. The third-order valence-corrected chi connectivity index (χ3v) is 7.01. The molecular weight excluding hydrogens is 326 g/mol. The lowest BCUT2D eigenvalue weighted by atomic mass is 10.0. The van der Waals surface area contributed by atoms with Crippen LogP contribution >= 0.6 is 0 Å². The Balaban J connectivity index is 1.50. The van der Waals surface area contributed by atoms with E-state index >= 15 is 0 Å². The van der Waals surface area contributed by atoms with Gasteiger partial charge in [0.25, 0.3) is 0 Å². The summed E-state index contributed by atoms with van der Waals surface area (Å²) in [5, 5.41) is 0. The first-order chi connectivity index (χ1) is 11.6. The topological polar surface area (TPSA) is 66.7 Å². The number of piperidine rings is 1. The molecule has 0 bridgehead atoms. The lowest BCUT2D eigenvalue weighted by Crippen LogP contribution is -2.40. The highest BCUT2D eigenvalue weighted by molar-refractivity contribution is 7.89. The van der Waals surface area contributed by atoms with Gasteiger partial charge < -0.3 is 4.42 Å². The molecule has 2 aromatic rings. The third-order valence-electron chi connectivity index (χ3n) is 5.05. The van der Waals surface area contributed by atoms with Gasteiger partial charge in [0, 0.05) is 19.6 Å². The van der Waals surface area contributed by atoms with Crippen molar-refractivity contribution >= 4 is 21.1 Å². The maximum atomic E-state index is 12.0. The minimum Gasteiger partial charge on any atom is -0.439 e. The van der Waals surface area contributed by atoms with Crippen molar-refractivity contribution < 1.29 is 12.8 Å². The summed E-state index contributed by atoms with van der Waals surface area (Å²) >= 11 is 0. The van der Waals surface area contributed by atoms with Crippen molar-refractivity contribution in [2.45, 2.75) is 31.7 Å². The van der Waals surface area contributed by atoms with E-state index in [2.05, 4.69) is 9.88 Å². The summed E-state index contributed by atoms with van der Waals surface area (Å²) in [7, 11) is -3.02. The summed E-state index contributed by atoms with van der Waals surface area (Å²) < 4.78 is 31.6. The van der Waals surface area contributed by atoms with Gasteiger partial charge in [-0.15, -0.1) is 0 Å². The predicted octanol–water partition coefficient (Wildman–Crippen LogP) is 2.39. The monoisotopic (exact) mass is 349 g/mol. The average molecular weight is 349 g/mol. The number of sulfonamides is 1. The van der Waals surface area contributed by atoms with Crippen molar-refractivity contribution in [1.82, 2.24) is 14.2 Å². The molecule has 0 saturated carbocycles. The van der Waals surface area contributed by atoms with Crippen molar-refractivity contribution in [2.75, 3.05) is 31.9 Å². The molecule has 0 N–H and O–H groups in total. The molecule has 2 aliphatic rings. The smallest absolute Gasteiger partial charge is 0.214 e. The molecule has 4 rings (SSSR count). The van der Waals surface area contributed by atoms with Gasteiger partial charge in [0.2, 0.25) is 15.9 Å². The van der Waals surface area contributed by atoms with E-state index in [1.807, 2.05) is 24.3 Å². The molecular formula is C17H23N3O3S. The first-order valence-corrected chi connectivity index (χ1v) is 10.3. The van der Waals surface area contributed by atoms with E-state index in [1.165, 1.54) is 0 Å². The van der Waals surface area contributed by atoms with Gasteiger partial charge in [-0.05, 0) is 37.9 Å². The lowest BCUT2D eigenvalue weighted by molar-refractivity contribution is 0.121. The summed E-state index contributed by atoms with van der Waals surface area (Å²) in [5.41, 5.74) is 1.71. The van der Waals surface area contributed by atoms with Crippen LogP contribution in [0.1, 0.15) is 37.6 Å². The molecule has 2 fully saturated rings. The molecule has 2 saturated heterocycles. The molecule has 1 atom stereocenters. The molecule has 3 heterocycles. The van der Waals surface area contributed by atoms with E-state index in [1.54, 1.807) is 4.31 Å². The van der Waals surface area contributed by atoms with Gasteiger partial charge in [-0.1, -0.05) is 18.6 Å². The van der Waals surface area contributed by atoms with Gasteiger partial charge in [0.05, 0.1) is 11.8 Å². The Hall–Kier alpha value is -1.44. The molecule has 130 valence electrons. The molecule has 0 radical (unpaired) electrons. The highest BCUT2D eigenvalue weighted by Gasteiger charge is 2.32. The van der Waals surface area contributed by atoms with Crippen molar-refractivity contribution in [3.05, 3.63) is 30.2 Å². The van der Waals surface area contributed by atoms with Crippen LogP contribution in [0.15, 0.2) is 28.7 Å². The number of rotatable bonds is 4. The summed E-state index contributed by atoms with van der Waals surface area (Å²) in [6.45, 7) is 2.93. The van der Waals surface area contributed by atoms with Crippen LogP contribution in [0.4, 0.5) is 0 Å². The number of oxazole rings is 1. The predicted molar refractivity (Wildman–Crippen MR) is 92.2 cm³/mol. The molecule has 24 heavy (non-hydrogen) atoms. The van der Waals surface area contributed by atoms with Gasteiger partial charge in [0.1, 0.15) is 5.52 Å². The fraction of sp³-hybridized carbons (Fsp3) is 0.588.